The summed E-state index contributed by atoms with van der Waals surface area (Å²) < 4.78 is 4.65. The highest BCUT2D eigenvalue weighted by Gasteiger charge is 2.51. The maximum Gasteiger partial charge on any atom is 0.316 e. The van der Waals surface area contributed by atoms with E-state index in [0.717, 1.165) is 0 Å². The first-order chi connectivity index (χ1) is 8.85. The number of carbonyl (C=O) groups is 3. The van der Waals surface area contributed by atoms with Gasteiger partial charge in [0.2, 0.25) is 0 Å². The Bertz CT molecular complexity index is 413. The highest BCUT2D eigenvalue weighted by molar-refractivity contribution is 6.21. The first kappa shape index (κ1) is 15.5. The number of hydrogen-bond acceptors (Lipinski definition) is 6. The molecular weight excluding hydrogens is 250 g/mol. The summed E-state index contributed by atoms with van der Waals surface area (Å²) >= 11 is 0. The van der Waals surface area contributed by atoms with E-state index < -0.39 is 29.0 Å². The Morgan fingerprint density at radius 2 is 2.16 bits per heavy atom. The molecule has 1 saturated carbocycles. The average Bonchev–Trinajstić information content (AvgIpc) is 2.31. The number of carbonyl (C=O) groups excluding carboxylic acids is 3. The van der Waals surface area contributed by atoms with Gasteiger partial charge >= 0.3 is 5.97 Å². The van der Waals surface area contributed by atoms with Gasteiger partial charge in [-0.25, -0.2) is 0 Å². The predicted octanol–water partition coefficient (Wildman–Crippen LogP) is 0.0230. The van der Waals surface area contributed by atoms with Crippen molar-refractivity contribution < 1.29 is 24.2 Å². The fourth-order valence-electron chi connectivity index (χ4n) is 2.33. The standard InChI is InChI=1S/C13H19NO5/c1-13(2)6-9(16)8(7-14-4-5-15)11(17)10(13)12(18)19-3/h7-8,10,15H,4-6H2,1-3H3/t8-,10-/m1/s1. The number of aliphatic hydroxyl groups excluding tert-OH is 1. The summed E-state index contributed by atoms with van der Waals surface area (Å²) in [6, 6.07) is 0. The average molecular weight is 269 g/mol. The van der Waals surface area contributed by atoms with Crippen LogP contribution in [0.15, 0.2) is 4.99 Å². The van der Waals surface area contributed by atoms with E-state index in [1.54, 1.807) is 13.8 Å². The fourth-order valence-corrected chi connectivity index (χ4v) is 2.33. The Balaban J connectivity index is 3.01. The van der Waals surface area contributed by atoms with Crippen LogP contribution in [0.2, 0.25) is 0 Å². The van der Waals surface area contributed by atoms with Crippen LogP contribution in [0, 0.1) is 17.3 Å². The van der Waals surface area contributed by atoms with E-state index in [1.807, 2.05) is 0 Å². The van der Waals surface area contributed by atoms with Crippen molar-refractivity contribution in [1.82, 2.24) is 0 Å². The van der Waals surface area contributed by atoms with Crippen LogP contribution in [0.25, 0.3) is 0 Å². The minimum atomic E-state index is -1.01. The summed E-state index contributed by atoms with van der Waals surface area (Å²) in [5.74, 6) is -3.32. The number of ketones is 2. The van der Waals surface area contributed by atoms with Gasteiger partial charge in [-0.1, -0.05) is 13.8 Å². The molecule has 0 aromatic rings. The topological polar surface area (TPSA) is 93.0 Å². The maximum atomic E-state index is 12.3. The number of aliphatic hydroxyl groups is 1. The molecule has 0 heterocycles. The van der Waals surface area contributed by atoms with E-state index >= 15 is 0 Å². The van der Waals surface area contributed by atoms with Gasteiger partial charge in [-0.3, -0.25) is 19.4 Å². The highest BCUT2D eigenvalue weighted by Crippen LogP contribution is 2.39. The smallest absolute Gasteiger partial charge is 0.316 e. The van der Waals surface area contributed by atoms with Crippen molar-refractivity contribution in [3.8, 4) is 0 Å². The van der Waals surface area contributed by atoms with Crippen molar-refractivity contribution in [1.29, 1.82) is 0 Å². The lowest BCUT2D eigenvalue weighted by Crippen LogP contribution is -2.50. The van der Waals surface area contributed by atoms with Crippen molar-refractivity contribution in [2.75, 3.05) is 20.3 Å². The van der Waals surface area contributed by atoms with Gasteiger partial charge in [0.1, 0.15) is 17.6 Å². The first-order valence-electron chi connectivity index (χ1n) is 6.10. The number of nitrogens with zero attached hydrogens (tertiary/aromatic N) is 1. The zero-order chi connectivity index (χ0) is 14.6. The summed E-state index contributed by atoms with van der Waals surface area (Å²) in [4.78, 5) is 39.8. The van der Waals surface area contributed by atoms with E-state index in [0.29, 0.717) is 0 Å². The number of methoxy groups -OCH3 is 1. The number of esters is 1. The lowest BCUT2D eigenvalue weighted by Gasteiger charge is -2.36. The maximum absolute atomic E-state index is 12.3. The molecule has 1 aliphatic carbocycles. The van der Waals surface area contributed by atoms with Gasteiger partial charge in [-0.15, -0.1) is 0 Å². The molecule has 1 fully saturated rings. The molecule has 0 radical (unpaired) electrons. The molecule has 1 N–H and O–H groups in total. The summed E-state index contributed by atoms with van der Waals surface area (Å²) in [6.07, 6.45) is 1.35. The van der Waals surface area contributed by atoms with Gasteiger partial charge in [-0.2, -0.15) is 0 Å². The minimum Gasteiger partial charge on any atom is -0.468 e. The van der Waals surface area contributed by atoms with Gasteiger partial charge < -0.3 is 9.84 Å². The molecule has 0 spiro atoms. The fraction of sp³-hybridized carbons (Fsp3) is 0.692. The molecule has 0 aromatic heterocycles. The third kappa shape index (κ3) is 3.26. The lowest BCUT2D eigenvalue weighted by atomic mass is 9.64. The van der Waals surface area contributed by atoms with Crippen molar-refractivity contribution in [3.63, 3.8) is 0 Å². The molecule has 2 atom stereocenters. The number of rotatable bonds is 4. The van der Waals surface area contributed by atoms with Crippen molar-refractivity contribution in [2.45, 2.75) is 20.3 Å². The molecule has 0 saturated heterocycles. The monoisotopic (exact) mass is 269 g/mol. The summed E-state index contributed by atoms with van der Waals surface area (Å²) in [7, 11) is 1.22. The molecule has 0 amide bonds. The molecule has 1 aliphatic rings. The number of hydrogen-bond donors (Lipinski definition) is 1. The van der Waals surface area contributed by atoms with E-state index in [2.05, 4.69) is 9.73 Å². The Labute approximate surface area is 111 Å². The van der Waals surface area contributed by atoms with Crippen molar-refractivity contribution in [2.24, 2.45) is 22.2 Å². The molecule has 0 unspecified atom stereocenters. The molecule has 1 rings (SSSR count). The predicted molar refractivity (Wildman–Crippen MR) is 67.9 cm³/mol. The van der Waals surface area contributed by atoms with Crippen LogP contribution in [-0.2, 0) is 19.1 Å². The number of ether oxygens (including phenoxy) is 1. The van der Waals surface area contributed by atoms with E-state index in [9.17, 15) is 14.4 Å². The first-order valence-corrected chi connectivity index (χ1v) is 6.10. The molecule has 106 valence electrons. The van der Waals surface area contributed by atoms with Gasteiger partial charge in [0, 0.05) is 12.6 Å². The van der Waals surface area contributed by atoms with Crippen molar-refractivity contribution >= 4 is 23.8 Å². The SMILES string of the molecule is COC(=O)[C@H]1C(=O)[C@H](C=NCCO)C(=O)CC1(C)C. The highest BCUT2D eigenvalue weighted by atomic mass is 16.5. The van der Waals surface area contributed by atoms with E-state index in [-0.39, 0.29) is 25.4 Å². The number of Topliss-reactive ketones (excluding diaryl/α,β-unsaturated/α-hetero) is 2. The molecule has 0 bridgehead atoms. The quantitative estimate of drug-likeness (QED) is 0.441. The zero-order valence-electron chi connectivity index (χ0n) is 11.4. The van der Waals surface area contributed by atoms with E-state index in [1.165, 1.54) is 13.3 Å². The molecule has 19 heavy (non-hydrogen) atoms. The Morgan fingerprint density at radius 3 is 2.68 bits per heavy atom. The molecule has 0 aliphatic heterocycles. The van der Waals surface area contributed by atoms with Crippen LogP contribution in [-0.4, -0.2) is 49.1 Å². The summed E-state index contributed by atoms with van der Waals surface area (Å²) in [5, 5.41) is 8.63. The second-order valence-electron chi connectivity index (χ2n) is 5.25. The largest absolute Gasteiger partial charge is 0.468 e. The summed E-state index contributed by atoms with van der Waals surface area (Å²) in [6.45, 7) is 3.37. The van der Waals surface area contributed by atoms with Crippen LogP contribution in [0.1, 0.15) is 20.3 Å². The molecular formula is C13H19NO5. The zero-order valence-corrected chi connectivity index (χ0v) is 11.4. The van der Waals surface area contributed by atoms with Gasteiger partial charge in [0.25, 0.3) is 0 Å². The lowest BCUT2D eigenvalue weighted by molar-refractivity contribution is -0.159. The van der Waals surface area contributed by atoms with E-state index in [4.69, 9.17) is 5.11 Å². The van der Waals surface area contributed by atoms with Crippen LogP contribution < -0.4 is 0 Å². The van der Waals surface area contributed by atoms with Gasteiger partial charge in [-0.05, 0) is 5.41 Å². The second-order valence-corrected chi connectivity index (χ2v) is 5.25. The van der Waals surface area contributed by atoms with Crippen LogP contribution >= 0.6 is 0 Å². The summed E-state index contributed by atoms with van der Waals surface area (Å²) in [5.41, 5.74) is -0.747. The molecule has 6 nitrogen and oxygen atoms in total. The molecule has 0 aromatic carbocycles. The second kappa shape index (κ2) is 6.06. The van der Waals surface area contributed by atoms with Crippen LogP contribution in [0.3, 0.4) is 0 Å². The Kier molecular flexibility index (Phi) is 4.94. The Hall–Kier alpha value is -1.56. The van der Waals surface area contributed by atoms with Gasteiger partial charge in [0.05, 0.1) is 20.3 Å². The third-order valence-corrected chi connectivity index (χ3v) is 3.27. The third-order valence-electron chi connectivity index (χ3n) is 3.27. The Morgan fingerprint density at radius 1 is 1.53 bits per heavy atom. The van der Waals surface area contributed by atoms with Crippen LogP contribution in [0.4, 0.5) is 0 Å². The minimum absolute atomic E-state index is 0.119. The molecule has 6 heteroatoms. The number of aliphatic imine (C=N–C) groups is 1. The van der Waals surface area contributed by atoms with Crippen molar-refractivity contribution in [3.05, 3.63) is 0 Å². The van der Waals surface area contributed by atoms with Gasteiger partial charge in [0.15, 0.2) is 5.78 Å². The van der Waals surface area contributed by atoms with Crippen LogP contribution in [0.5, 0.6) is 0 Å². The normalized spacial score (nSPS) is 26.7.